The summed E-state index contributed by atoms with van der Waals surface area (Å²) in [5, 5.41) is 0. The molecule has 3 heteroatoms. The van der Waals surface area contributed by atoms with Crippen molar-refractivity contribution in [2.24, 2.45) is 11.7 Å². The predicted octanol–water partition coefficient (Wildman–Crippen LogP) is 3.42. The van der Waals surface area contributed by atoms with E-state index in [9.17, 15) is 0 Å². The first kappa shape index (κ1) is 16.3. The molecule has 17 heavy (non-hydrogen) atoms. The number of halogens is 1. The van der Waals surface area contributed by atoms with E-state index in [-0.39, 0.29) is 18.4 Å². The van der Waals surface area contributed by atoms with Gasteiger partial charge in [-0.1, -0.05) is 45.4 Å². The molecule has 2 nitrogen and oxygen atoms in total. The van der Waals surface area contributed by atoms with Gasteiger partial charge in [0.2, 0.25) is 0 Å². The molecule has 0 aliphatic rings. The molecule has 1 unspecified atom stereocenters. The average Bonchev–Trinajstić information content (AvgIpc) is 2.27. The Labute approximate surface area is 111 Å². The molecule has 0 aliphatic heterocycles. The molecule has 0 aromatic heterocycles. The second-order valence-electron chi connectivity index (χ2n) is 4.58. The van der Waals surface area contributed by atoms with Crippen LogP contribution in [0.15, 0.2) is 24.3 Å². The van der Waals surface area contributed by atoms with Crippen LogP contribution in [0.5, 0.6) is 5.75 Å². The number of ether oxygens (including phenoxy) is 1. The zero-order chi connectivity index (χ0) is 12.0. The van der Waals surface area contributed by atoms with E-state index < -0.39 is 0 Å². The summed E-state index contributed by atoms with van der Waals surface area (Å²) in [6.07, 6.45) is 2.20. The van der Waals surface area contributed by atoms with E-state index in [2.05, 4.69) is 32.9 Å². The van der Waals surface area contributed by atoms with Crippen LogP contribution in [0.3, 0.4) is 0 Å². The Kier molecular flexibility index (Phi) is 8.01. The first-order valence-electron chi connectivity index (χ1n) is 6.11. The van der Waals surface area contributed by atoms with Crippen molar-refractivity contribution in [1.82, 2.24) is 0 Å². The van der Waals surface area contributed by atoms with Crippen molar-refractivity contribution in [3.8, 4) is 5.75 Å². The van der Waals surface area contributed by atoms with E-state index in [0.29, 0.717) is 12.5 Å². The van der Waals surface area contributed by atoms with Gasteiger partial charge in [-0.2, -0.15) is 0 Å². The van der Waals surface area contributed by atoms with Crippen LogP contribution in [0, 0.1) is 5.92 Å². The number of rotatable bonds is 6. The highest BCUT2D eigenvalue weighted by Gasteiger charge is 2.09. The smallest absolute Gasteiger partial charge is 0.122 e. The van der Waals surface area contributed by atoms with Crippen LogP contribution in [0.2, 0.25) is 0 Å². The summed E-state index contributed by atoms with van der Waals surface area (Å²) in [5.41, 5.74) is 7.24. The fourth-order valence-corrected chi connectivity index (χ4v) is 1.50. The third-order valence-electron chi connectivity index (χ3n) is 2.78. The second-order valence-corrected chi connectivity index (χ2v) is 4.58. The summed E-state index contributed by atoms with van der Waals surface area (Å²) in [4.78, 5) is 0. The van der Waals surface area contributed by atoms with Crippen molar-refractivity contribution in [2.75, 3.05) is 6.61 Å². The van der Waals surface area contributed by atoms with Crippen LogP contribution < -0.4 is 10.5 Å². The van der Waals surface area contributed by atoms with Crippen molar-refractivity contribution in [2.45, 2.75) is 39.7 Å². The van der Waals surface area contributed by atoms with E-state index in [0.717, 1.165) is 18.6 Å². The normalized spacial score (nSPS) is 12.1. The van der Waals surface area contributed by atoms with Gasteiger partial charge in [-0.15, -0.1) is 12.4 Å². The molecule has 0 saturated carbocycles. The van der Waals surface area contributed by atoms with Gasteiger partial charge in [-0.05, 0) is 24.0 Å². The van der Waals surface area contributed by atoms with Crippen LogP contribution >= 0.6 is 12.4 Å². The Balaban J connectivity index is 0.00000256. The zero-order valence-electron chi connectivity index (χ0n) is 11.0. The van der Waals surface area contributed by atoms with Crippen LogP contribution in [-0.2, 0) is 6.42 Å². The lowest BCUT2D eigenvalue weighted by Crippen LogP contribution is -2.33. The summed E-state index contributed by atoms with van der Waals surface area (Å²) in [6, 6.07) is 8.32. The molecule has 1 atom stereocenters. The van der Waals surface area contributed by atoms with E-state index in [4.69, 9.17) is 10.5 Å². The molecule has 0 bridgehead atoms. The highest BCUT2D eigenvalue weighted by atomic mass is 35.5. The Bertz CT molecular complexity index is 315. The molecule has 0 spiro atoms. The SMILES string of the molecule is CCCc1ccccc1OCC(N)C(C)C.Cl. The fourth-order valence-electron chi connectivity index (χ4n) is 1.50. The molecule has 0 radical (unpaired) electrons. The van der Waals surface area contributed by atoms with Gasteiger partial charge in [0.25, 0.3) is 0 Å². The van der Waals surface area contributed by atoms with Gasteiger partial charge >= 0.3 is 0 Å². The molecular weight excluding hydrogens is 234 g/mol. The quantitative estimate of drug-likeness (QED) is 0.848. The van der Waals surface area contributed by atoms with E-state index in [1.807, 2.05) is 12.1 Å². The number of nitrogens with two attached hydrogens (primary N) is 1. The Morgan fingerprint density at radius 2 is 1.88 bits per heavy atom. The summed E-state index contributed by atoms with van der Waals surface area (Å²) in [7, 11) is 0. The lowest BCUT2D eigenvalue weighted by atomic mass is 10.1. The lowest BCUT2D eigenvalue weighted by molar-refractivity contribution is 0.257. The molecular formula is C14H24ClNO. The van der Waals surface area contributed by atoms with Crippen LogP contribution in [0.4, 0.5) is 0 Å². The van der Waals surface area contributed by atoms with Gasteiger partial charge in [-0.3, -0.25) is 0 Å². The standard InChI is InChI=1S/C14H23NO.ClH/c1-4-7-12-8-5-6-9-14(12)16-10-13(15)11(2)3;/h5-6,8-9,11,13H,4,7,10,15H2,1-3H3;1H. The molecule has 0 amide bonds. The lowest BCUT2D eigenvalue weighted by Gasteiger charge is -2.18. The molecule has 0 aliphatic carbocycles. The summed E-state index contributed by atoms with van der Waals surface area (Å²) in [6.45, 7) is 7.01. The van der Waals surface area contributed by atoms with Gasteiger partial charge in [0, 0.05) is 6.04 Å². The second kappa shape index (κ2) is 8.37. The predicted molar refractivity (Wildman–Crippen MR) is 76.0 cm³/mol. The van der Waals surface area contributed by atoms with Crippen molar-refractivity contribution < 1.29 is 4.74 Å². The zero-order valence-corrected chi connectivity index (χ0v) is 11.8. The number of benzene rings is 1. The summed E-state index contributed by atoms with van der Waals surface area (Å²) in [5.74, 6) is 1.44. The molecule has 1 rings (SSSR count). The molecule has 1 aromatic rings. The van der Waals surface area contributed by atoms with E-state index >= 15 is 0 Å². The van der Waals surface area contributed by atoms with Gasteiger partial charge < -0.3 is 10.5 Å². The number of hydrogen-bond acceptors (Lipinski definition) is 2. The largest absolute Gasteiger partial charge is 0.492 e. The maximum absolute atomic E-state index is 5.96. The van der Waals surface area contributed by atoms with Crippen LogP contribution in [-0.4, -0.2) is 12.6 Å². The monoisotopic (exact) mass is 257 g/mol. The molecule has 2 N–H and O–H groups in total. The van der Waals surface area contributed by atoms with Crippen LogP contribution in [0.1, 0.15) is 32.8 Å². The van der Waals surface area contributed by atoms with Gasteiger partial charge in [0.05, 0.1) is 0 Å². The molecule has 0 fully saturated rings. The first-order valence-corrected chi connectivity index (χ1v) is 6.11. The highest BCUT2D eigenvalue weighted by Crippen LogP contribution is 2.19. The number of aryl methyl sites for hydroxylation is 1. The highest BCUT2D eigenvalue weighted by molar-refractivity contribution is 5.85. The Morgan fingerprint density at radius 1 is 1.24 bits per heavy atom. The third-order valence-corrected chi connectivity index (χ3v) is 2.78. The maximum Gasteiger partial charge on any atom is 0.122 e. The van der Waals surface area contributed by atoms with Crippen molar-refractivity contribution >= 4 is 12.4 Å². The minimum Gasteiger partial charge on any atom is -0.492 e. The van der Waals surface area contributed by atoms with Gasteiger partial charge in [-0.25, -0.2) is 0 Å². The molecule has 1 aromatic carbocycles. The van der Waals surface area contributed by atoms with E-state index in [1.165, 1.54) is 5.56 Å². The Hall–Kier alpha value is -0.730. The van der Waals surface area contributed by atoms with Crippen LogP contribution in [0.25, 0.3) is 0 Å². The minimum atomic E-state index is 0. The number of para-hydroxylation sites is 1. The topological polar surface area (TPSA) is 35.2 Å². The summed E-state index contributed by atoms with van der Waals surface area (Å²) >= 11 is 0. The van der Waals surface area contributed by atoms with Gasteiger partial charge in [0.1, 0.15) is 12.4 Å². The Morgan fingerprint density at radius 3 is 2.47 bits per heavy atom. The molecule has 0 heterocycles. The maximum atomic E-state index is 5.96. The third kappa shape index (κ3) is 5.42. The van der Waals surface area contributed by atoms with Crippen molar-refractivity contribution in [3.63, 3.8) is 0 Å². The van der Waals surface area contributed by atoms with Crippen molar-refractivity contribution in [1.29, 1.82) is 0 Å². The fraction of sp³-hybridized carbons (Fsp3) is 0.571. The van der Waals surface area contributed by atoms with E-state index in [1.54, 1.807) is 0 Å². The molecule has 98 valence electrons. The minimum absolute atomic E-state index is 0. The summed E-state index contributed by atoms with van der Waals surface area (Å²) < 4.78 is 5.79. The number of hydrogen-bond donors (Lipinski definition) is 1. The first-order chi connectivity index (χ1) is 7.65. The van der Waals surface area contributed by atoms with Gasteiger partial charge in [0.15, 0.2) is 0 Å². The van der Waals surface area contributed by atoms with Crippen molar-refractivity contribution in [3.05, 3.63) is 29.8 Å². The average molecular weight is 258 g/mol. The molecule has 0 saturated heterocycles.